The SMILES string of the molecule is CC1(C)C2OCCCC2C1(N)CN1CCc2ccccc21. The fourth-order valence-corrected chi connectivity index (χ4v) is 4.87. The van der Waals surface area contributed by atoms with Gasteiger partial charge in [0.1, 0.15) is 0 Å². The third-order valence-corrected chi connectivity index (χ3v) is 6.33. The molecule has 2 fully saturated rings. The van der Waals surface area contributed by atoms with E-state index in [1.165, 1.54) is 17.7 Å². The maximum absolute atomic E-state index is 6.95. The standard InChI is InChI=1S/C18H26N2O/c1-17(2)16-14(7-5-11-21-16)18(17,19)12-20-10-9-13-6-3-4-8-15(13)20/h3-4,6,8,14,16H,5,7,9-12,19H2,1-2H3. The molecule has 3 atom stereocenters. The van der Waals surface area contributed by atoms with Gasteiger partial charge in [0.15, 0.2) is 0 Å². The highest BCUT2D eigenvalue weighted by atomic mass is 16.5. The Balaban J connectivity index is 1.59. The van der Waals surface area contributed by atoms with Gasteiger partial charge in [0.05, 0.1) is 6.10 Å². The summed E-state index contributed by atoms with van der Waals surface area (Å²) in [5, 5.41) is 0. The second-order valence-electron chi connectivity index (χ2n) is 7.60. The van der Waals surface area contributed by atoms with Crippen molar-refractivity contribution in [2.75, 3.05) is 24.6 Å². The van der Waals surface area contributed by atoms with Crippen molar-refractivity contribution in [1.82, 2.24) is 0 Å². The Labute approximate surface area is 127 Å². The van der Waals surface area contributed by atoms with Crippen molar-refractivity contribution in [3.63, 3.8) is 0 Å². The van der Waals surface area contributed by atoms with E-state index in [2.05, 4.69) is 43.0 Å². The second kappa shape index (κ2) is 4.47. The summed E-state index contributed by atoms with van der Waals surface area (Å²) in [5.41, 5.74) is 9.74. The number of anilines is 1. The van der Waals surface area contributed by atoms with Crippen molar-refractivity contribution in [1.29, 1.82) is 0 Å². The molecule has 2 heterocycles. The molecule has 3 heteroatoms. The van der Waals surface area contributed by atoms with E-state index in [9.17, 15) is 0 Å². The van der Waals surface area contributed by atoms with Crippen LogP contribution in [-0.4, -0.2) is 31.3 Å². The molecule has 21 heavy (non-hydrogen) atoms. The van der Waals surface area contributed by atoms with Gasteiger partial charge in [-0.1, -0.05) is 32.0 Å². The number of benzene rings is 1. The predicted octanol–water partition coefficient (Wildman–Crippen LogP) is 2.58. The molecule has 3 unspecified atom stereocenters. The summed E-state index contributed by atoms with van der Waals surface area (Å²) in [6.45, 7) is 7.56. The number of nitrogens with zero attached hydrogens (tertiary/aromatic N) is 1. The number of para-hydroxylation sites is 1. The van der Waals surface area contributed by atoms with Gasteiger partial charge in [0.25, 0.3) is 0 Å². The van der Waals surface area contributed by atoms with Crippen molar-refractivity contribution in [3.8, 4) is 0 Å². The first kappa shape index (κ1) is 13.6. The van der Waals surface area contributed by atoms with Crippen LogP contribution >= 0.6 is 0 Å². The molecule has 1 aliphatic carbocycles. The Kier molecular flexibility index (Phi) is 2.89. The predicted molar refractivity (Wildman–Crippen MR) is 85.5 cm³/mol. The molecule has 2 N–H and O–H groups in total. The van der Waals surface area contributed by atoms with Crippen molar-refractivity contribution in [2.24, 2.45) is 17.1 Å². The van der Waals surface area contributed by atoms with Gasteiger partial charge in [-0.05, 0) is 30.9 Å². The van der Waals surface area contributed by atoms with Gasteiger partial charge in [-0.15, -0.1) is 0 Å². The van der Waals surface area contributed by atoms with Crippen LogP contribution in [-0.2, 0) is 11.2 Å². The summed E-state index contributed by atoms with van der Waals surface area (Å²) in [4.78, 5) is 2.50. The lowest BCUT2D eigenvalue weighted by atomic mass is 9.46. The first-order valence-corrected chi connectivity index (χ1v) is 8.27. The quantitative estimate of drug-likeness (QED) is 0.908. The van der Waals surface area contributed by atoms with Crippen LogP contribution in [0.1, 0.15) is 32.3 Å². The first-order chi connectivity index (χ1) is 10.0. The van der Waals surface area contributed by atoms with Gasteiger partial charge in [0.2, 0.25) is 0 Å². The molecular weight excluding hydrogens is 260 g/mol. The van der Waals surface area contributed by atoms with Crippen LogP contribution in [0.25, 0.3) is 0 Å². The minimum atomic E-state index is -0.129. The van der Waals surface area contributed by atoms with E-state index < -0.39 is 0 Å². The highest BCUT2D eigenvalue weighted by molar-refractivity contribution is 5.58. The van der Waals surface area contributed by atoms with E-state index >= 15 is 0 Å². The Bertz CT molecular complexity index is 556. The Morgan fingerprint density at radius 1 is 1.33 bits per heavy atom. The summed E-state index contributed by atoms with van der Waals surface area (Å²) in [7, 11) is 0. The van der Waals surface area contributed by atoms with E-state index in [1.54, 1.807) is 0 Å². The summed E-state index contributed by atoms with van der Waals surface area (Å²) < 4.78 is 6.02. The maximum atomic E-state index is 6.95. The van der Waals surface area contributed by atoms with Crippen LogP contribution in [0.5, 0.6) is 0 Å². The number of rotatable bonds is 2. The number of hydrogen-bond donors (Lipinski definition) is 1. The number of nitrogens with two attached hydrogens (primary N) is 1. The van der Waals surface area contributed by atoms with E-state index in [0.717, 1.165) is 32.5 Å². The van der Waals surface area contributed by atoms with E-state index in [0.29, 0.717) is 12.0 Å². The number of fused-ring (bicyclic) bond motifs is 2. The third-order valence-electron chi connectivity index (χ3n) is 6.33. The molecule has 3 aliphatic rings. The van der Waals surface area contributed by atoms with Crippen LogP contribution < -0.4 is 10.6 Å². The van der Waals surface area contributed by atoms with Gasteiger partial charge in [-0.3, -0.25) is 0 Å². The normalized spacial score (nSPS) is 36.8. The zero-order valence-electron chi connectivity index (χ0n) is 13.1. The highest BCUT2D eigenvalue weighted by Gasteiger charge is 2.66. The average molecular weight is 286 g/mol. The molecule has 1 saturated heterocycles. The first-order valence-electron chi connectivity index (χ1n) is 8.27. The Morgan fingerprint density at radius 3 is 3.00 bits per heavy atom. The zero-order chi connectivity index (χ0) is 14.7. The van der Waals surface area contributed by atoms with Gasteiger partial charge in [-0.2, -0.15) is 0 Å². The van der Waals surface area contributed by atoms with E-state index in [1.807, 2.05) is 0 Å². The Hall–Kier alpha value is -1.06. The molecule has 0 spiro atoms. The highest BCUT2D eigenvalue weighted by Crippen LogP contribution is 2.57. The summed E-state index contributed by atoms with van der Waals surface area (Å²) in [5.74, 6) is 0.522. The van der Waals surface area contributed by atoms with E-state index in [4.69, 9.17) is 10.5 Å². The second-order valence-corrected chi connectivity index (χ2v) is 7.60. The molecule has 4 rings (SSSR count). The topological polar surface area (TPSA) is 38.5 Å². The molecule has 1 aromatic rings. The van der Waals surface area contributed by atoms with Crippen molar-refractivity contribution < 1.29 is 4.74 Å². The van der Waals surface area contributed by atoms with Crippen LogP contribution in [0.3, 0.4) is 0 Å². The van der Waals surface area contributed by atoms with E-state index in [-0.39, 0.29) is 11.0 Å². The van der Waals surface area contributed by atoms with Gasteiger partial charge in [0, 0.05) is 42.3 Å². The lowest BCUT2D eigenvalue weighted by Crippen LogP contribution is -2.80. The van der Waals surface area contributed by atoms with Gasteiger partial charge >= 0.3 is 0 Å². The maximum Gasteiger partial charge on any atom is 0.0690 e. The molecule has 3 nitrogen and oxygen atoms in total. The van der Waals surface area contributed by atoms with Crippen LogP contribution in [0, 0.1) is 11.3 Å². The van der Waals surface area contributed by atoms with Crippen molar-refractivity contribution in [2.45, 2.75) is 44.8 Å². The number of hydrogen-bond acceptors (Lipinski definition) is 3. The van der Waals surface area contributed by atoms with Gasteiger partial charge in [-0.25, -0.2) is 0 Å². The summed E-state index contributed by atoms with van der Waals surface area (Å²) in [6.07, 6.45) is 3.89. The lowest BCUT2D eigenvalue weighted by molar-refractivity contribution is -0.224. The molecule has 2 aliphatic heterocycles. The van der Waals surface area contributed by atoms with Gasteiger partial charge < -0.3 is 15.4 Å². The van der Waals surface area contributed by atoms with Crippen LogP contribution in [0.15, 0.2) is 24.3 Å². The van der Waals surface area contributed by atoms with Crippen LogP contribution in [0.4, 0.5) is 5.69 Å². The monoisotopic (exact) mass is 286 g/mol. The molecule has 0 aromatic heterocycles. The van der Waals surface area contributed by atoms with Crippen LogP contribution in [0.2, 0.25) is 0 Å². The third kappa shape index (κ3) is 1.74. The molecule has 114 valence electrons. The minimum Gasteiger partial charge on any atom is -0.377 e. The fraction of sp³-hybridized carbons (Fsp3) is 0.667. The molecule has 0 radical (unpaired) electrons. The van der Waals surface area contributed by atoms with Crippen molar-refractivity contribution in [3.05, 3.63) is 29.8 Å². The molecular formula is C18H26N2O. The Morgan fingerprint density at radius 2 is 2.14 bits per heavy atom. The zero-order valence-corrected chi connectivity index (χ0v) is 13.1. The van der Waals surface area contributed by atoms with Crippen molar-refractivity contribution >= 4 is 5.69 Å². The fourth-order valence-electron chi connectivity index (χ4n) is 4.87. The molecule has 0 bridgehead atoms. The minimum absolute atomic E-state index is 0.0651. The average Bonchev–Trinajstić information content (AvgIpc) is 2.90. The largest absolute Gasteiger partial charge is 0.377 e. The smallest absolute Gasteiger partial charge is 0.0690 e. The summed E-state index contributed by atoms with van der Waals surface area (Å²) >= 11 is 0. The molecule has 0 amide bonds. The number of ether oxygens (including phenoxy) is 1. The lowest BCUT2D eigenvalue weighted by Gasteiger charge is -2.67. The summed E-state index contributed by atoms with van der Waals surface area (Å²) in [6, 6.07) is 8.76. The molecule has 1 saturated carbocycles. The molecule has 1 aromatic carbocycles.